The number of carbonyl (C=O) groups excluding carboxylic acids is 1. The van der Waals surface area contributed by atoms with E-state index in [4.69, 9.17) is 4.74 Å². The molecule has 1 aliphatic carbocycles. The maximum atomic E-state index is 11.9. The highest BCUT2D eigenvalue weighted by molar-refractivity contribution is 5.88. The van der Waals surface area contributed by atoms with Crippen LogP contribution in [0, 0.1) is 0 Å². The minimum Gasteiger partial charge on any atom is -0.468 e. The van der Waals surface area contributed by atoms with Gasteiger partial charge in [-0.2, -0.15) is 0 Å². The minimum atomic E-state index is -0.411. The first-order valence-electron chi connectivity index (χ1n) is 6.65. The second kappa shape index (κ2) is 4.08. The molecular formula is C15H18N2O2. The van der Waals surface area contributed by atoms with Gasteiger partial charge in [-0.1, -0.05) is 19.9 Å². The van der Waals surface area contributed by atoms with Crippen molar-refractivity contribution in [2.24, 2.45) is 0 Å². The molecule has 0 amide bonds. The van der Waals surface area contributed by atoms with Crippen molar-refractivity contribution in [3.8, 4) is 0 Å². The summed E-state index contributed by atoms with van der Waals surface area (Å²) in [7, 11) is 1.45. The van der Waals surface area contributed by atoms with E-state index in [0.717, 1.165) is 35.3 Å². The fourth-order valence-corrected chi connectivity index (χ4v) is 2.53. The van der Waals surface area contributed by atoms with Crippen LogP contribution in [-0.2, 0) is 14.9 Å². The first-order valence-corrected chi connectivity index (χ1v) is 6.65. The maximum absolute atomic E-state index is 11.9. The number of H-pyrrole nitrogens is 1. The van der Waals surface area contributed by atoms with Gasteiger partial charge in [0.1, 0.15) is 5.82 Å². The van der Waals surface area contributed by atoms with Crippen molar-refractivity contribution in [3.05, 3.63) is 29.6 Å². The van der Waals surface area contributed by atoms with E-state index in [1.54, 1.807) is 0 Å². The Hall–Kier alpha value is -1.84. The molecule has 1 aromatic carbocycles. The van der Waals surface area contributed by atoms with Gasteiger partial charge in [-0.25, -0.2) is 4.98 Å². The van der Waals surface area contributed by atoms with Gasteiger partial charge >= 0.3 is 5.97 Å². The zero-order valence-corrected chi connectivity index (χ0v) is 11.5. The maximum Gasteiger partial charge on any atom is 0.316 e. The van der Waals surface area contributed by atoms with Crippen LogP contribution < -0.4 is 0 Å². The number of rotatable bonds is 3. The highest BCUT2D eigenvalue weighted by atomic mass is 16.5. The quantitative estimate of drug-likeness (QED) is 0.861. The Balaban J connectivity index is 2.05. The van der Waals surface area contributed by atoms with E-state index in [2.05, 4.69) is 23.8 Å². The molecule has 4 heteroatoms. The Morgan fingerprint density at radius 2 is 2.16 bits per heavy atom. The van der Waals surface area contributed by atoms with Crippen LogP contribution in [-0.4, -0.2) is 23.0 Å². The molecule has 3 rings (SSSR count). The van der Waals surface area contributed by atoms with E-state index in [1.165, 1.54) is 7.11 Å². The number of imidazole rings is 1. The van der Waals surface area contributed by atoms with Gasteiger partial charge in [0.15, 0.2) is 0 Å². The van der Waals surface area contributed by atoms with E-state index < -0.39 is 5.41 Å². The molecule has 2 aromatic rings. The molecule has 0 radical (unpaired) electrons. The van der Waals surface area contributed by atoms with Crippen LogP contribution >= 0.6 is 0 Å². The summed E-state index contributed by atoms with van der Waals surface area (Å²) in [5, 5.41) is 0. The van der Waals surface area contributed by atoms with Gasteiger partial charge in [0.2, 0.25) is 0 Å². The third-order valence-electron chi connectivity index (χ3n) is 3.93. The predicted molar refractivity (Wildman–Crippen MR) is 73.1 cm³/mol. The highest BCUT2D eigenvalue weighted by Gasteiger charge is 2.52. The number of esters is 1. The van der Waals surface area contributed by atoms with Crippen LogP contribution in [0.1, 0.15) is 44.0 Å². The third kappa shape index (κ3) is 1.82. The number of nitrogens with one attached hydrogen (secondary N) is 1. The van der Waals surface area contributed by atoms with Crippen LogP contribution in [0.2, 0.25) is 0 Å². The Morgan fingerprint density at radius 1 is 1.42 bits per heavy atom. The van der Waals surface area contributed by atoms with Crippen LogP contribution in [0.5, 0.6) is 0 Å². The van der Waals surface area contributed by atoms with Crippen LogP contribution in [0.15, 0.2) is 18.2 Å². The topological polar surface area (TPSA) is 55.0 Å². The molecular weight excluding hydrogens is 240 g/mol. The predicted octanol–water partition coefficient (Wildman–Crippen LogP) is 2.89. The lowest BCUT2D eigenvalue weighted by Crippen LogP contribution is -2.21. The van der Waals surface area contributed by atoms with Gasteiger partial charge in [0.05, 0.1) is 23.6 Å². The van der Waals surface area contributed by atoms with Gasteiger partial charge < -0.3 is 9.72 Å². The lowest BCUT2D eigenvalue weighted by Gasteiger charge is -2.12. The summed E-state index contributed by atoms with van der Waals surface area (Å²) in [4.78, 5) is 19.8. The lowest BCUT2D eigenvalue weighted by atomic mass is 9.96. The number of ether oxygens (including phenoxy) is 1. The molecule has 0 spiro atoms. The molecule has 19 heavy (non-hydrogen) atoms. The Morgan fingerprint density at radius 3 is 2.74 bits per heavy atom. The summed E-state index contributed by atoms with van der Waals surface area (Å²) in [6, 6.07) is 6.02. The highest BCUT2D eigenvalue weighted by Crippen LogP contribution is 2.49. The van der Waals surface area contributed by atoms with Crippen molar-refractivity contribution < 1.29 is 9.53 Å². The van der Waals surface area contributed by atoms with Gasteiger partial charge in [-0.3, -0.25) is 4.79 Å². The number of aromatic nitrogens is 2. The largest absolute Gasteiger partial charge is 0.468 e. The summed E-state index contributed by atoms with van der Waals surface area (Å²) < 4.78 is 4.92. The molecule has 0 unspecified atom stereocenters. The van der Waals surface area contributed by atoms with Crippen molar-refractivity contribution in [2.45, 2.75) is 38.0 Å². The number of carbonyl (C=O) groups is 1. The van der Waals surface area contributed by atoms with Gasteiger partial charge in [-0.05, 0) is 30.5 Å². The zero-order valence-electron chi connectivity index (χ0n) is 11.5. The summed E-state index contributed by atoms with van der Waals surface area (Å²) in [6.07, 6.45) is 1.74. The molecule has 0 aliphatic heterocycles. The molecule has 1 saturated carbocycles. The average molecular weight is 258 g/mol. The molecule has 1 fully saturated rings. The normalized spacial score (nSPS) is 16.8. The van der Waals surface area contributed by atoms with Crippen molar-refractivity contribution in [2.75, 3.05) is 7.11 Å². The van der Waals surface area contributed by atoms with E-state index in [9.17, 15) is 4.79 Å². The minimum absolute atomic E-state index is 0.129. The smallest absolute Gasteiger partial charge is 0.316 e. The summed E-state index contributed by atoms with van der Waals surface area (Å²) in [5.74, 6) is 1.22. The number of methoxy groups -OCH3 is 1. The molecule has 0 saturated heterocycles. The van der Waals surface area contributed by atoms with Gasteiger partial charge in [-0.15, -0.1) is 0 Å². The first kappa shape index (κ1) is 12.2. The van der Waals surface area contributed by atoms with Crippen molar-refractivity contribution in [1.82, 2.24) is 9.97 Å². The Bertz CT molecular complexity index is 639. The summed E-state index contributed by atoms with van der Waals surface area (Å²) >= 11 is 0. The lowest BCUT2D eigenvalue weighted by molar-refractivity contribution is -0.143. The molecule has 4 nitrogen and oxygen atoms in total. The van der Waals surface area contributed by atoms with Crippen molar-refractivity contribution in [3.63, 3.8) is 0 Å². The number of fused-ring (bicyclic) bond motifs is 1. The standard InChI is InChI=1S/C15H18N2O2/c1-9(2)13-16-11-5-4-10(8-12(11)17-13)15(6-7-15)14(18)19-3/h4-5,8-9H,6-7H2,1-3H3,(H,16,17). The average Bonchev–Trinajstić information content (AvgIpc) is 3.10. The monoisotopic (exact) mass is 258 g/mol. The second-order valence-corrected chi connectivity index (χ2v) is 5.58. The van der Waals surface area contributed by atoms with Crippen LogP contribution in [0.25, 0.3) is 11.0 Å². The fourth-order valence-electron chi connectivity index (χ4n) is 2.53. The van der Waals surface area contributed by atoms with Gasteiger partial charge in [0, 0.05) is 5.92 Å². The molecule has 100 valence electrons. The summed E-state index contributed by atoms with van der Waals surface area (Å²) in [6.45, 7) is 4.21. The third-order valence-corrected chi connectivity index (χ3v) is 3.93. The van der Waals surface area contributed by atoms with E-state index >= 15 is 0 Å². The van der Waals surface area contributed by atoms with Crippen LogP contribution in [0.3, 0.4) is 0 Å². The SMILES string of the molecule is COC(=O)C1(c2ccc3nc(C(C)C)[nH]c3c2)CC1. The van der Waals surface area contributed by atoms with Crippen molar-refractivity contribution >= 4 is 17.0 Å². The van der Waals surface area contributed by atoms with Gasteiger partial charge in [0.25, 0.3) is 0 Å². The number of hydrogen-bond acceptors (Lipinski definition) is 3. The Kier molecular flexibility index (Phi) is 2.62. The van der Waals surface area contributed by atoms with E-state index in [-0.39, 0.29) is 5.97 Å². The number of benzene rings is 1. The molecule has 1 aliphatic rings. The first-order chi connectivity index (χ1) is 9.06. The fraction of sp³-hybridized carbons (Fsp3) is 0.467. The van der Waals surface area contributed by atoms with Crippen molar-refractivity contribution in [1.29, 1.82) is 0 Å². The van der Waals surface area contributed by atoms with Crippen LogP contribution in [0.4, 0.5) is 0 Å². The summed E-state index contributed by atoms with van der Waals surface area (Å²) in [5.41, 5.74) is 2.57. The van der Waals surface area contributed by atoms with E-state index in [1.807, 2.05) is 18.2 Å². The molecule has 0 bridgehead atoms. The molecule has 0 atom stereocenters. The zero-order chi connectivity index (χ0) is 13.6. The second-order valence-electron chi connectivity index (χ2n) is 5.58. The molecule has 1 N–H and O–H groups in total. The number of aromatic amines is 1. The Labute approximate surface area is 112 Å². The molecule has 1 heterocycles. The number of nitrogens with zero attached hydrogens (tertiary/aromatic N) is 1. The number of hydrogen-bond donors (Lipinski definition) is 1. The molecule has 1 aromatic heterocycles. The van der Waals surface area contributed by atoms with E-state index in [0.29, 0.717) is 5.92 Å².